The molecule has 1 fully saturated rings. The largest absolute Gasteiger partial charge is 0.391 e. The molecule has 0 bridgehead atoms. The van der Waals surface area contributed by atoms with Crippen LogP contribution in [0.15, 0.2) is 0 Å². The maximum absolute atomic E-state index is 10.7. The number of aliphatic hydroxyl groups excluding tert-OH is 2. The van der Waals surface area contributed by atoms with Gasteiger partial charge in [0, 0.05) is 13.3 Å². The van der Waals surface area contributed by atoms with Crippen molar-refractivity contribution < 1.29 is 19.7 Å². The molecule has 1 heterocycles. The summed E-state index contributed by atoms with van der Waals surface area (Å²) in [5.41, 5.74) is 0. The Kier molecular flexibility index (Phi) is 3.24. The van der Waals surface area contributed by atoms with E-state index < -0.39 is 18.4 Å². The van der Waals surface area contributed by atoms with Gasteiger partial charge in [-0.1, -0.05) is 0 Å². The third kappa shape index (κ3) is 2.65. The molecule has 0 aliphatic carbocycles. The van der Waals surface area contributed by atoms with Crippen LogP contribution >= 0.6 is 0 Å². The molecule has 76 valence electrons. The van der Waals surface area contributed by atoms with E-state index in [2.05, 4.69) is 5.32 Å². The van der Waals surface area contributed by atoms with E-state index in [1.807, 2.05) is 0 Å². The van der Waals surface area contributed by atoms with Crippen molar-refractivity contribution in [2.24, 2.45) is 0 Å². The first-order valence-electron chi connectivity index (χ1n) is 4.29. The van der Waals surface area contributed by atoms with Gasteiger partial charge in [-0.15, -0.1) is 0 Å². The summed E-state index contributed by atoms with van der Waals surface area (Å²) in [5.74, 6) is -0.212. The molecule has 0 unspecified atom stereocenters. The van der Waals surface area contributed by atoms with Crippen molar-refractivity contribution in [3.05, 3.63) is 0 Å². The summed E-state index contributed by atoms with van der Waals surface area (Å²) in [4.78, 5) is 10.7. The van der Waals surface area contributed by atoms with Gasteiger partial charge in [-0.3, -0.25) is 4.79 Å². The van der Waals surface area contributed by atoms with Gasteiger partial charge in [0.1, 0.15) is 0 Å². The smallest absolute Gasteiger partial charge is 0.217 e. The standard InChI is InChI=1S/C8H15NO4/c1-4-8(9-5(2)10)6(11)3-7(12)13-4/h4,6-8,11-12H,3H2,1-2H3,(H,9,10)/t4-,6-,7-,8-/m0/s1. The molecule has 1 saturated heterocycles. The number of hydrogen-bond acceptors (Lipinski definition) is 4. The van der Waals surface area contributed by atoms with E-state index in [-0.39, 0.29) is 18.4 Å². The van der Waals surface area contributed by atoms with Crippen LogP contribution in [-0.4, -0.2) is 40.7 Å². The average Bonchev–Trinajstić information content (AvgIpc) is 1.96. The molecule has 5 nitrogen and oxygen atoms in total. The van der Waals surface area contributed by atoms with Crippen LogP contribution in [0.5, 0.6) is 0 Å². The number of hydrogen-bond donors (Lipinski definition) is 3. The lowest BCUT2D eigenvalue weighted by molar-refractivity contribution is -0.197. The van der Waals surface area contributed by atoms with E-state index in [1.165, 1.54) is 6.92 Å². The van der Waals surface area contributed by atoms with Gasteiger partial charge in [-0.25, -0.2) is 0 Å². The van der Waals surface area contributed by atoms with Crippen molar-refractivity contribution >= 4 is 5.91 Å². The van der Waals surface area contributed by atoms with Crippen molar-refractivity contribution in [3.8, 4) is 0 Å². The highest BCUT2D eigenvalue weighted by molar-refractivity contribution is 5.73. The minimum absolute atomic E-state index is 0.134. The van der Waals surface area contributed by atoms with Gasteiger partial charge in [0.05, 0.1) is 18.2 Å². The summed E-state index contributed by atoms with van der Waals surface area (Å²) in [5, 5.41) is 21.2. The summed E-state index contributed by atoms with van der Waals surface area (Å²) in [6, 6.07) is -0.430. The highest BCUT2D eigenvalue weighted by atomic mass is 16.6. The summed E-state index contributed by atoms with van der Waals surface area (Å²) in [6.45, 7) is 3.08. The zero-order valence-electron chi connectivity index (χ0n) is 7.73. The number of amides is 1. The second-order valence-electron chi connectivity index (χ2n) is 3.33. The third-order valence-electron chi connectivity index (χ3n) is 2.11. The molecule has 3 N–H and O–H groups in total. The van der Waals surface area contributed by atoms with Crippen molar-refractivity contribution in [2.45, 2.75) is 44.8 Å². The minimum Gasteiger partial charge on any atom is -0.391 e. The van der Waals surface area contributed by atoms with Gasteiger partial charge < -0.3 is 20.3 Å². The number of aliphatic hydroxyl groups is 2. The van der Waals surface area contributed by atoms with Gasteiger partial charge in [-0.2, -0.15) is 0 Å². The Hall–Kier alpha value is -0.650. The molecule has 4 atom stereocenters. The Bertz CT molecular complexity index is 185. The van der Waals surface area contributed by atoms with Crippen LogP contribution in [-0.2, 0) is 9.53 Å². The molecule has 1 aliphatic rings. The van der Waals surface area contributed by atoms with E-state index in [0.717, 1.165) is 0 Å². The summed E-state index contributed by atoms with van der Waals surface area (Å²) in [7, 11) is 0. The SMILES string of the molecule is CC(=O)N[C@H]1[C@H](C)O[C@H](O)C[C@@H]1O. The van der Waals surface area contributed by atoms with E-state index >= 15 is 0 Å². The average molecular weight is 189 g/mol. The Labute approximate surface area is 76.7 Å². The number of carbonyl (C=O) groups is 1. The van der Waals surface area contributed by atoms with Gasteiger partial charge >= 0.3 is 0 Å². The van der Waals surface area contributed by atoms with E-state index in [4.69, 9.17) is 9.84 Å². The van der Waals surface area contributed by atoms with Crippen LogP contribution in [0.2, 0.25) is 0 Å². The normalized spacial score (nSPS) is 40.0. The van der Waals surface area contributed by atoms with Crippen molar-refractivity contribution in [2.75, 3.05) is 0 Å². The Morgan fingerprint density at radius 3 is 2.62 bits per heavy atom. The third-order valence-corrected chi connectivity index (χ3v) is 2.11. The van der Waals surface area contributed by atoms with Crippen LogP contribution in [0.1, 0.15) is 20.3 Å². The first kappa shape index (κ1) is 10.4. The van der Waals surface area contributed by atoms with Crippen LogP contribution in [0.25, 0.3) is 0 Å². The predicted molar refractivity (Wildman–Crippen MR) is 44.8 cm³/mol. The molecule has 0 radical (unpaired) electrons. The summed E-state index contributed by atoms with van der Waals surface area (Å²) < 4.78 is 5.05. The van der Waals surface area contributed by atoms with Crippen molar-refractivity contribution in [1.82, 2.24) is 5.32 Å². The zero-order chi connectivity index (χ0) is 10.0. The molecule has 0 saturated carbocycles. The molecule has 0 aromatic heterocycles. The number of rotatable bonds is 1. The number of ether oxygens (including phenoxy) is 1. The Balaban J connectivity index is 2.56. The fraction of sp³-hybridized carbons (Fsp3) is 0.875. The van der Waals surface area contributed by atoms with Crippen LogP contribution in [0, 0.1) is 0 Å². The van der Waals surface area contributed by atoms with E-state index in [0.29, 0.717) is 0 Å². The lowest BCUT2D eigenvalue weighted by Crippen LogP contribution is -2.55. The van der Waals surface area contributed by atoms with Gasteiger partial charge in [0.25, 0.3) is 0 Å². The molecule has 0 aromatic rings. The molecule has 13 heavy (non-hydrogen) atoms. The molecule has 1 amide bonds. The topological polar surface area (TPSA) is 78.8 Å². The first-order valence-corrected chi connectivity index (χ1v) is 4.29. The molecule has 5 heteroatoms. The quantitative estimate of drug-likeness (QED) is 0.493. The Morgan fingerprint density at radius 1 is 1.54 bits per heavy atom. The highest BCUT2D eigenvalue weighted by Crippen LogP contribution is 2.18. The fourth-order valence-corrected chi connectivity index (χ4v) is 1.50. The maximum atomic E-state index is 10.7. The first-order chi connectivity index (χ1) is 6.00. The molecule has 1 aliphatic heterocycles. The fourth-order valence-electron chi connectivity index (χ4n) is 1.50. The second kappa shape index (κ2) is 4.04. The minimum atomic E-state index is -0.935. The molecular weight excluding hydrogens is 174 g/mol. The lowest BCUT2D eigenvalue weighted by atomic mass is 9.99. The monoisotopic (exact) mass is 189 g/mol. The van der Waals surface area contributed by atoms with Crippen molar-refractivity contribution in [3.63, 3.8) is 0 Å². The molecule has 0 spiro atoms. The summed E-state index contributed by atoms with van der Waals surface area (Å²) >= 11 is 0. The zero-order valence-corrected chi connectivity index (χ0v) is 7.73. The lowest BCUT2D eigenvalue weighted by Gasteiger charge is -2.36. The van der Waals surface area contributed by atoms with Crippen LogP contribution in [0.3, 0.4) is 0 Å². The molecule has 0 aromatic carbocycles. The Morgan fingerprint density at radius 2 is 2.15 bits per heavy atom. The van der Waals surface area contributed by atoms with Gasteiger partial charge in [0.2, 0.25) is 5.91 Å². The van der Waals surface area contributed by atoms with Gasteiger partial charge in [0.15, 0.2) is 6.29 Å². The maximum Gasteiger partial charge on any atom is 0.217 e. The molecular formula is C8H15NO4. The highest BCUT2D eigenvalue weighted by Gasteiger charge is 2.34. The molecule has 1 rings (SSSR count). The van der Waals surface area contributed by atoms with Crippen LogP contribution < -0.4 is 5.32 Å². The summed E-state index contributed by atoms with van der Waals surface area (Å²) in [6.07, 6.45) is -1.92. The van der Waals surface area contributed by atoms with Crippen molar-refractivity contribution in [1.29, 1.82) is 0 Å². The van der Waals surface area contributed by atoms with E-state index in [9.17, 15) is 9.90 Å². The number of carbonyl (C=O) groups excluding carboxylic acids is 1. The predicted octanol–water partition coefficient (Wildman–Crippen LogP) is -1.02. The second-order valence-corrected chi connectivity index (χ2v) is 3.33. The van der Waals surface area contributed by atoms with Crippen LogP contribution in [0.4, 0.5) is 0 Å². The van der Waals surface area contributed by atoms with E-state index in [1.54, 1.807) is 6.92 Å². The number of nitrogens with one attached hydrogen (secondary N) is 1. The van der Waals surface area contributed by atoms with Gasteiger partial charge in [-0.05, 0) is 6.92 Å².